The van der Waals surface area contributed by atoms with Crippen LogP contribution in [0.4, 0.5) is 0 Å². The summed E-state index contributed by atoms with van der Waals surface area (Å²) in [5, 5.41) is 16.7. The number of allylic oxidation sites excluding steroid dienone is 1. The molecule has 3 N–H and O–H groups in total. The second-order valence-electron chi connectivity index (χ2n) is 6.85. The van der Waals surface area contributed by atoms with E-state index in [4.69, 9.17) is 19.9 Å². The van der Waals surface area contributed by atoms with Crippen LogP contribution >= 0.6 is 0 Å². The summed E-state index contributed by atoms with van der Waals surface area (Å²) < 4.78 is 17.2. The third-order valence-electron chi connectivity index (χ3n) is 5.33. The lowest BCUT2D eigenvalue weighted by Gasteiger charge is -2.30. The van der Waals surface area contributed by atoms with Gasteiger partial charge in [-0.1, -0.05) is 30.3 Å². The predicted octanol–water partition coefficient (Wildman–Crippen LogP) is 3.22. The van der Waals surface area contributed by atoms with Crippen LogP contribution in [0.2, 0.25) is 0 Å². The first-order valence-electron chi connectivity index (χ1n) is 9.36. The number of rotatable bonds is 4. The molecule has 1 atom stereocenters. The Bertz CT molecular complexity index is 1270. The Morgan fingerprint density at radius 3 is 2.67 bits per heavy atom. The molecular formula is C22H19N5O3. The molecule has 1 aliphatic heterocycles. The molecule has 0 bridgehead atoms. The first kappa shape index (κ1) is 18.0. The minimum atomic E-state index is -0.359. The van der Waals surface area contributed by atoms with Gasteiger partial charge in [-0.25, -0.2) is 0 Å². The van der Waals surface area contributed by atoms with Crippen molar-refractivity contribution in [3.8, 4) is 17.2 Å². The average molecular weight is 401 g/mol. The summed E-state index contributed by atoms with van der Waals surface area (Å²) in [6.45, 7) is 0. The van der Waals surface area contributed by atoms with E-state index in [1.54, 1.807) is 14.2 Å². The van der Waals surface area contributed by atoms with Crippen LogP contribution in [-0.4, -0.2) is 34.8 Å². The van der Waals surface area contributed by atoms with Crippen LogP contribution < -0.4 is 19.9 Å². The van der Waals surface area contributed by atoms with Crippen molar-refractivity contribution >= 4 is 16.3 Å². The van der Waals surface area contributed by atoms with E-state index < -0.39 is 0 Å². The molecule has 0 aliphatic carbocycles. The van der Waals surface area contributed by atoms with Crippen LogP contribution in [0.5, 0.6) is 17.2 Å². The Labute approximate surface area is 172 Å². The number of methoxy groups -OCH3 is 2. The standard InChI is InChI=1S/C22H19N5O3/c1-28-13-8-10-16(29-2)15(11-13)19-18-14-6-4-3-5-12(14)7-9-17(18)30-21(23)20(19)22-24-26-27-25-22/h3-11,19H,23H2,1-2H3,(H,24,25,26,27). The number of hydrogen-bond donors (Lipinski definition) is 2. The number of fused-ring (bicyclic) bond motifs is 3. The molecule has 0 fully saturated rings. The Morgan fingerprint density at radius 1 is 1.03 bits per heavy atom. The molecule has 1 aliphatic rings. The fraction of sp³-hybridized carbons (Fsp3) is 0.136. The van der Waals surface area contributed by atoms with Crippen LogP contribution in [0, 0.1) is 0 Å². The monoisotopic (exact) mass is 401 g/mol. The molecule has 2 heterocycles. The van der Waals surface area contributed by atoms with Gasteiger partial charge in [0.15, 0.2) is 5.88 Å². The van der Waals surface area contributed by atoms with Crippen LogP contribution in [0.3, 0.4) is 0 Å². The van der Waals surface area contributed by atoms with Crippen LogP contribution in [0.25, 0.3) is 16.3 Å². The van der Waals surface area contributed by atoms with Crippen LogP contribution in [0.15, 0.2) is 60.5 Å². The molecule has 0 spiro atoms. The number of nitrogens with two attached hydrogens (primary N) is 1. The Hall–Kier alpha value is -4.07. The molecule has 0 saturated carbocycles. The quantitative estimate of drug-likeness (QED) is 0.540. The maximum absolute atomic E-state index is 6.38. The highest BCUT2D eigenvalue weighted by Gasteiger charge is 2.36. The summed E-state index contributed by atoms with van der Waals surface area (Å²) in [5.41, 5.74) is 8.81. The lowest BCUT2D eigenvalue weighted by molar-refractivity contribution is 0.391. The normalized spacial score (nSPS) is 15.6. The van der Waals surface area contributed by atoms with Gasteiger partial charge >= 0.3 is 0 Å². The SMILES string of the molecule is COc1ccc(OC)c(C2C(c3nn[nH]n3)=C(N)Oc3ccc4ccccc4c32)c1. The first-order valence-corrected chi connectivity index (χ1v) is 9.36. The summed E-state index contributed by atoms with van der Waals surface area (Å²) in [5.74, 6) is 2.28. The highest BCUT2D eigenvalue weighted by molar-refractivity contribution is 5.93. The minimum absolute atomic E-state index is 0.217. The number of H-pyrrole nitrogens is 1. The highest BCUT2D eigenvalue weighted by atomic mass is 16.5. The van der Waals surface area contributed by atoms with Crippen LogP contribution in [-0.2, 0) is 0 Å². The van der Waals surface area contributed by atoms with Gasteiger partial charge in [-0.05, 0) is 40.3 Å². The molecule has 1 unspecified atom stereocenters. The average Bonchev–Trinajstić information content (AvgIpc) is 3.32. The summed E-state index contributed by atoms with van der Waals surface area (Å²) in [6.07, 6.45) is 0. The van der Waals surface area contributed by atoms with E-state index in [1.807, 2.05) is 42.5 Å². The van der Waals surface area contributed by atoms with Crippen molar-refractivity contribution in [3.63, 3.8) is 0 Å². The first-order chi connectivity index (χ1) is 14.7. The topological polar surface area (TPSA) is 108 Å². The molecular weight excluding hydrogens is 382 g/mol. The van der Waals surface area contributed by atoms with E-state index >= 15 is 0 Å². The second-order valence-corrected chi connectivity index (χ2v) is 6.85. The zero-order valence-corrected chi connectivity index (χ0v) is 16.4. The summed E-state index contributed by atoms with van der Waals surface area (Å²) in [6, 6.07) is 17.7. The zero-order chi connectivity index (χ0) is 20.7. The smallest absolute Gasteiger partial charge is 0.206 e. The van der Waals surface area contributed by atoms with Gasteiger partial charge < -0.3 is 19.9 Å². The van der Waals surface area contributed by atoms with Crippen molar-refractivity contribution in [2.75, 3.05) is 14.2 Å². The number of tetrazole rings is 1. The number of aromatic nitrogens is 4. The molecule has 30 heavy (non-hydrogen) atoms. The third kappa shape index (κ3) is 2.73. The molecule has 4 aromatic rings. The zero-order valence-electron chi connectivity index (χ0n) is 16.4. The highest BCUT2D eigenvalue weighted by Crippen LogP contribution is 2.50. The molecule has 0 radical (unpaired) electrons. The Kier molecular flexibility index (Phi) is 4.24. The van der Waals surface area contributed by atoms with Gasteiger partial charge in [0.2, 0.25) is 5.82 Å². The third-order valence-corrected chi connectivity index (χ3v) is 5.33. The van der Waals surface area contributed by atoms with E-state index in [9.17, 15) is 0 Å². The second kappa shape index (κ2) is 7.07. The van der Waals surface area contributed by atoms with E-state index in [0.717, 1.165) is 21.9 Å². The number of ether oxygens (including phenoxy) is 3. The molecule has 3 aromatic carbocycles. The van der Waals surface area contributed by atoms with E-state index in [2.05, 4.69) is 32.8 Å². The van der Waals surface area contributed by atoms with E-state index in [0.29, 0.717) is 28.6 Å². The van der Waals surface area contributed by atoms with Gasteiger partial charge in [0.1, 0.15) is 17.2 Å². The largest absolute Gasteiger partial charge is 0.497 e. The molecule has 5 rings (SSSR count). The molecule has 150 valence electrons. The summed E-state index contributed by atoms with van der Waals surface area (Å²) in [4.78, 5) is 0. The lowest BCUT2D eigenvalue weighted by Crippen LogP contribution is -2.22. The molecule has 1 aromatic heterocycles. The van der Waals surface area contributed by atoms with Gasteiger partial charge in [-0.2, -0.15) is 5.21 Å². The van der Waals surface area contributed by atoms with Crippen molar-refractivity contribution < 1.29 is 14.2 Å². The van der Waals surface area contributed by atoms with Crippen molar-refractivity contribution in [1.82, 2.24) is 20.6 Å². The minimum Gasteiger partial charge on any atom is -0.497 e. The molecule has 0 saturated heterocycles. The van der Waals surface area contributed by atoms with Gasteiger partial charge in [0, 0.05) is 11.1 Å². The predicted molar refractivity (Wildman–Crippen MR) is 111 cm³/mol. The molecule has 0 amide bonds. The fourth-order valence-electron chi connectivity index (χ4n) is 4.01. The van der Waals surface area contributed by atoms with Crippen molar-refractivity contribution in [2.45, 2.75) is 5.92 Å². The number of nitrogens with one attached hydrogen (secondary N) is 1. The summed E-state index contributed by atoms with van der Waals surface area (Å²) in [7, 11) is 3.26. The van der Waals surface area contributed by atoms with Crippen LogP contribution in [0.1, 0.15) is 22.9 Å². The maximum atomic E-state index is 6.38. The van der Waals surface area contributed by atoms with E-state index in [-0.39, 0.29) is 11.8 Å². The van der Waals surface area contributed by atoms with Crippen molar-refractivity contribution in [3.05, 3.63) is 77.4 Å². The maximum Gasteiger partial charge on any atom is 0.206 e. The molecule has 8 heteroatoms. The van der Waals surface area contributed by atoms with Crippen molar-refractivity contribution in [2.24, 2.45) is 5.73 Å². The lowest BCUT2D eigenvalue weighted by atomic mass is 9.80. The number of hydrogen-bond acceptors (Lipinski definition) is 7. The van der Waals surface area contributed by atoms with E-state index in [1.165, 1.54) is 0 Å². The number of nitrogens with zero attached hydrogens (tertiary/aromatic N) is 3. The van der Waals surface area contributed by atoms with Crippen molar-refractivity contribution in [1.29, 1.82) is 0 Å². The Morgan fingerprint density at radius 2 is 1.90 bits per heavy atom. The van der Waals surface area contributed by atoms with Gasteiger partial charge in [-0.15, -0.1) is 10.2 Å². The fourth-order valence-corrected chi connectivity index (χ4v) is 4.01. The Balaban J connectivity index is 1.87. The van der Waals surface area contributed by atoms with Gasteiger partial charge in [-0.3, -0.25) is 0 Å². The number of aromatic amines is 1. The number of benzene rings is 3. The summed E-state index contributed by atoms with van der Waals surface area (Å²) >= 11 is 0. The van der Waals surface area contributed by atoms with Gasteiger partial charge in [0.05, 0.1) is 25.7 Å². The molecule has 8 nitrogen and oxygen atoms in total. The van der Waals surface area contributed by atoms with Gasteiger partial charge in [0.25, 0.3) is 0 Å².